The van der Waals surface area contributed by atoms with E-state index in [0.29, 0.717) is 18.5 Å². The number of hydrogen-bond acceptors (Lipinski definition) is 5. The largest absolute Gasteiger partial charge is 0.408 e. The highest BCUT2D eigenvalue weighted by Gasteiger charge is 2.50. The van der Waals surface area contributed by atoms with Crippen LogP contribution in [-0.2, 0) is 4.79 Å². The summed E-state index contributed by atoms with van der Waals surface area (Å²) in [5.41, 5.74) is -0.940. The van der Waals surface area contributed by atoms with Gasteiger partial charge in [-0.05, 0) is 43.0 Å². The number of aliphatic hydroxyl groups is 1. The van der Waals surface area contributed by atoms with E-state index in [1.807, 2.05) is 5.32 Å². The first kappa shape index (κ1) is 24.3. The molecule has 1 aliphatic heterocycles. The number of β-amino-alcohol motifs (C(OH)–C–C–N with tert-alkyl or cyclic N) is 1. The van der Waals surface area contributed by atoms with E-state index in [2.05, 4.69) is 4.98 Å². The third kappa shape index (κ3) is 4.44. The number of rotatable bonds is 5. The monoisotopic (exact) mass is 520 g/mol. The Hall–Kier alpha value is -3.44. The number of para-hydroxylation sites is 1. The molecule has 8 nitrogen and oxygen atoms in total. The van der Waals surface area contributed by atoms with Crippen molar-refractivity contribution < 1.29 is 27.9 Å². The van der Waals surface area contributed by atoms with Crippen LogP contribution < -0.4 is 15.6 Å². The predicted octanol–water partition coefficient (Wildman–Crippen LogP) is 3.21. The maximum Gasteiger partial charge on any atom is 0.408 e. The van der Waals surface area contributed by atoms with Crippen LogP contribution in [0.15, 0.2) is 47.4 Å². The Kier molecular flexibility index (Phi) is 6.00. The first-order chi connectivity index (χ1) is 17.0. The van der Waals surface area contributed by atoms with E-state index >= 15 is 0 Å². The van der Waals surface area contributed by atoms with Gasteiger partial charge in [-0.1, -0.05) is 23.7 Å². The van der Waals surface area contributed by atoms with Gasteiger partial charge in [-0.3, -0.25) is 23.9 Å². The summed E-state index contributed by atoms with van der Waals surface area (Å²) in [5.74, 6) is -2.06. The molecule has 2 atom stereocenters. The predicted molar refractivity (Wildman–Crippen MR) is 125 cm³/mol. The number of pyridine rings is 2. The van der Waals surface area contributed by atoms with E-state index in [-0.39, 0.29) is 40.7 Å². The third-order valence-corrected chi connectivity index (χ3v) is 6.63. The summed E-state index contributed by atoms with van der Waals surface area (Å²) in [6.07, 6.45) is -3.81. The van der Waals surface area contributed by atoms with Crippen molar-refractivity contribution in [3.05, 3.63) is 63.4 Å². The molecule has 0 bridgehead atoms. The van der Waals surface area contributed by atoms with Crippen LogP contribution in [0.4, 0.5) is 19.0 Å². The van der Waals surface area contributed by atoms with Gasteiger partial charge in [-0.25, -0.2) is 4.98 Å². The molecule has 1 aliphatic carbocycles. The number of carbonyl (C=O) groups is 2. The summed E-state index contributed by atoms with van der Waals surface area (Å²) in [4.78, 5) is 44.2. The van der Waals surface area contributed by atoms with Crippen LogP contribution in [0.2, 0.25) is 5.02 Å². The lowest BCUT2D eigenvalue weighted by Gasteiger charge is -2.22. The lowest BCUT2D eigenvalue weighted by molar-refractivity contribution is -0.158. The number of anilines is 1. The fourth-order valence-corrected chi connectivity index (χ4v) is 4.59. The maximum atomic E-state index is 13.5. The molecule has 188 valence electrons. The summed E-state index contributed by atoms with van der Waals surface area (Å²) in [6.45, 7) is 0.0220. The molecule has 2 fully saturated rings. The van der Waals surface area contributed by atoms with Gasteiger partial charge >= 0.3 is 6.18 Å². The molecule has 1 aromatic carbocycles. The Morgan fingerprint density at radius 1 is 1.17 bits per heavy atom. The Morgan fingerprint density at radius 2 is 1.89 bits per heavy atom. The van der Waals surface area contributed by atoms with Crippen LogP contribution in [0, 0.1) is 5.92 Å². The van der Waals surface area contributed by atoms with Crippen LogP contribution in [0.5, 0.6) is 0 Å². The van der Waals surface area contributed by atoms with Crippen LogP contribution in [0.25, 0.3) is 16.7 Å². The van der Waals surface area contributed by atoms with Gasteiger partial charge in [-0.2, -0.15) is 13.2 Å². The lowest BCUT2D eigenvalue weighted by Crippen LogP contribution is -2.48. The second-order valence-electron chi connectivity index (χ2n) is 8.93. The molecule has 2 aromatic heterocycles. The number of alkyl halides is 3. The van der Waals surface area contributed by atoms with Gasteiger partial charge in [-0.15, -0.1) is 0 Å². The number of aromatic nitrogens is 2. The van der Waals surface area contributed by atoms with Crippen molar-refractivity contribution in [1.82, 2.24) is 14.9 Å². The zero-order valence-electron chi connectivity index (χ0n) is 18.6. The highest BCUT2D eigenvalue weighted by molar-refractivity contribution is 6.32. The van der Waals surface area contributed by atoms with E-state index < -0.39 is 41.1 Å². The molecule has 3 heterocycles. The molecule has 1 saturated carbocycles. The topological polar surface area (TPSA) is 105 Å². The van der Waals surface area contributed by atoms with E-state index in [4.69, 9.17) is 11.6 Å². The number of hydrogen-bond donors (Lipinski definition) is 2. The normalized spacial score (nSPS) is 19.1. The van der Waals surface area contributed by atoms with Crippen molar-refractivity contribution >= 4 is 40.3 Å². The summed E-state index contributed by atoms with van der Waals surface area (Å²) in [5, 5.41) is 12.0. The first-order valence-corrected chi connectivity index (χ1v) is 11.6. The van der Waals surface area contributed by atoms with E-state index in [9.17, 15) is 32.7 Å². The fraction of sp³-hybridized carbons (Fsp3) is 0.333. The van der Waals surface area contributed by atoms with Gasteiger partial charge in [0.15, 0.2) is 5.65 Å². The van der Waals surface area contributed by atoms with Gasteiger partial charge < -0.3 is 10.4 Å². The zero-order chi connectivity index (χ0) is 25.8. The molecule has 1 saturated heterocycles. The van der Waals surface area contributed by atoms with E-state index in [0.717, 1.165) is 6.20 Å². The SMILES string of the molecule is O=C(N[C@H](C1CC1)C(F)(F)F)c1cn(-c2ccccc2Cl)c2nc(N3C[C@@H](O)CC3=O)ccc2c1=O. The highest BCUT2D eigenvalue weighted by Crippen LogP contribution is 2.40. The average Bonchev–Trinajstić information content (AvgIpc) is 3.60. The second kappa shape index (κ2) is 8.90. The van der Waals surface area contributed by atoms with Gasteiger partial charge in [0.1, 0.15) is 17.4 Å². The number of nitrogens with zero attached hydrogens (tertiary/aromatic N) is 3. The number of benzene rings is 1. The number of amides is 2. The van der Waals surface area contributed by atoms with Crippen molar-refractivity contribution in [2.45, 2.75) is 37.6 Å². The molecule has 3 aromatic rings. The minimum Gasteiger partial charge on any atom is -0.391 e. The number of aliphatic hydroxyl groups excluding tert-OH is 1. The minimum absolute atomic E-state index is 0.0220. The van der Waals surface area contributed by atoms with Crippen molar-refractivity contribution in [2.75, 3.05) is 11.4 Å². The molecule has 2 amide bonds. The van der Waals surface area contributed by atoms with E-state index in [1.165, 1.54) is 21.6 Å². The molecule has 0 spiro atoms. The van der Waals surface area contributed by atoms with Gasteiger partial charge in [0.05, 0.1) is 35.2 Å². The zero-order valence-corrected chi connectivity index (χ0v) is 19.4. The minimum atomic E-state index is -4.65. The Balaban J connectivity index is 1.66. The molecule has 12 heteroatoms. The van der Waals surface area contributed by atoms with Crippen molar-refractivity contribution in [3.63, 3.8) is 0 Å². The smallest absolute Gasteiger partial charge is 0.391 e. The lowest BCUT2D eigenvalue weighted by atomic mass is 10.1. The molecule has 2 N–H and O–H groups in total. The average molecular weight is 521 g/mol. The summed E-state index contributed by atoms with van der Waals surface area (Å²) < 4.78 is 41.9. The van der Waals surface area contributed by atoms with Gasteiger partial charge in [0.2, 0.25) is 11.3 Å². The molecule has 0 radical (unpaired) electrons. The highest BCUT2D eigenvalue weighted by atomic mass is 35.5. The molecule has 36 heavy (non-hydrogen) atoms. The third-order valence-electron chi connectivity index (χ3n) is 6.31. The van der Waals surface area contributed by atoms with E-state index in [1.54, 1.807) is 24.3 Å². The van der Waals surface area contributed by atoms with Gasteiger partial charge in [0.25, 0.3) is 5.91 Å². The first-order valence-electron chi connectivity index (χ1n) is 11.2. The number of halogens is 4. The van der Waals surface area contributed by atoms with Crippen LogP contribution >= 0.6 is 11.6 Å². The number of fused-ring (bicyclic) bond motifs is 1. The van der Waals surface area contributed by atoms with Crippen molar-refractivity contribution in [3.8, 4) is 5.69 Å². The Morgan fingerprint density at radius 3 is 2.50 bits per heavy atom. The molecular weight excluding hydrogens is 501 g/mol. The van der Waals surface area contributed by atoms with Crippen LogP contribution in [0.1, 0.15) is 29.6 Å². The molecule has 2 aliphatic rings. The summed E-state index contributed by atoms with van der Waals surface area (Å²) in [7, 11) is 0. The molecule has 0 unspecified atom stereocenters. The number of nitrogens with one attached hydrogen (secondary N) is 1. The maximum absolute atomic E-state index is 13.5. The summed E-state index contributed by atoms with van der Waals surface area (Å²) in [6, 6.07) is 7.17. The fourth-order valence-electron chi connectivity index (χ4n) is 4.36. The molecule has 5 rings (SSSR count). The standard InChI is InChI=1S/C24H20ClF3N4O4/c25-16-3-1-2-4-17(16)31-11-15(23(36)30-21(12-5-6-12)24(26,27)28)20(35)14-7-8-18(29-22(14)31)32-10-13(33)9-19(32)34/h1-4,7-8,11-13,21,33H,5-6,9-10H2,(H,30,36)/t13-,21+/m0/s1. The van der Waals surface area contributed by atoms with Crippen LogP contribution in [-0.4, -0.2) is 51.3 Å². The Bertz CT molecular complexity index is 1440. The second-order valence-corrected chi connectivity index (χ2v) is 9.33. The Labute approximate surface area is 207 Å². The van der Waals surface area contributed by atoms with Crippen LogP contribution in [0.3, 0.4) is 0 Å². The number of carbonyl (C=O) groups excluding carboxylic acids is 2. The quantitative estimate of drug-likeness (QED) is 0.537. The van der Waals surface area contributed by atoms with Crippen molar-refractivity contribution in [1.29, 1.82) is 0 Å². The van der Waals surface area contributed by atoms with Crippen molar-refractivity contribution in [2.24, 2.45) is 5.92 Å². The van der Waals surface area contributed by atoms with Gasteiger partial charge in [0, 0.05) is 6.20 Å². The molecular formula is C24H20ClF3N4O4. The summed E-state index contributed by atoms with van der Waals surface area (Å²) >= 11 is 6.36.